The number of thiophene rings is 1. The highest BCUT2D eigenvalue weighted by Gasteiger charge is 2.25. The third-order valence-electron chi connectivity index (χ3n) is 2.97. The molecule has 2 aromatic heterocycles. The van der Waals surface area contributed by atoms with Gasteiger partial charge in [-0.25, -0.2) is 0 Å². The Labute approximate surface area is 109 Å². The molecule has 1 saturated heterocycles. The Kier molecular flexibility index (Phi) is 3.05. The topological polar surface area (TPSA) is 57.4 Å². The molecule has 3 rings (SSSR count). The summed E-state index contributed by atoms with van der Waals surface area (Å²) in [4.78, 5) is 6.51. The van der Waals surface area contributed by atoms with Gasteiger partial charge in [-0.15, -0.1) is 11.3 Å². The average molecular weight is 266 g/mol. The van der Waals surface area contributed by atoms with Crippen molar-refractivity contribution in [2.24, 2.45) is 0 Å². The maximum Gasteiger partial charge on any atom is 0.271 e. The maximum absolute atomic E-state index is 5.33. The molecule has 0 radical (unpaired) electrons. The zero-order valence-corrected chi connectivity index (χ0v) is 11.1. The van der Waals surface area contributed by atoms with Crippen LogP contribution in [0.3, 0.4) is 0 Å². The lowest BCUT2D eigenvalue weighted by Gasteiger charge is -1.98. The number of aromatic nitrogens is 2. The third kappa shape index (κ3) is 2.02. The minimum Gasteiger partial charge on any atom is -0.495 e. The van der Waals surface area contributed by atoms with E-state index in [9.17, 15) is 0 Å². The van der Waals surface area contributed by atoms with Crippen molar-refractivity contribution in [3.8, 4) is 16.5 Å². The molecule has 18 heavy (non-hydrogen) atoms. The number of aryl methyl sites for hydroxylation is 1. The first-order valence-corrected chi connectivity index (χ1v) is 6.65. The molecule has 0 N–H and O–H groups in total. The summed E-state index contributed by atoms with van der Waals surface area (Å²) >= 11 is 1.60. The first-order valence-electron chi connectivity index (χ1n) is 5.84. The number of rotatable bonds is 3. The van der Waals surface area contributed by atoms with Crippen LogP contribution in [0.4, 0.5) is 0 Å². The number of nitrogens with zero attached hydrogens (tertiary/aromatic N) is 2. The second-order valence-electron chi connectivity index (χ2n) is 4.27. The van der Waals surface area contributed by atoms with Gasteiger partial charge in [0.1, 0.15) is 10.6 Å². The summed E-state index contributed by atoms with van der Waals surface area (Å²) in [5.41, 5.74) is 0. The molecule has 96 valence electrons. The first kappa shape index (κ1) is 11.7. The minimum absolute atomic E-state index is 0.259. The summed E-state index contributed by atoms with van der Waals surface area (Å²) in [5.74, 6) is 2.31. The second kappa shape index (κ2) is 4.70. The Hall–Kier alpha value is -1.40. The Bertz CT molecular complexity index is 543. The highest BCUT2D eigenvalue weighted by molar-refractivity contribution is 7.15. The average Bonchev–Trinajstić information content (AvgIpc) is 3.08. The van der Waals surface area contributed by atoms with E-state index >= 15 is 0 Å². The van der Waals surface area contributed by atoms with Gasteiger partial charge in [-0.2, -0.15) is 4.98 Å². The SMILES string of the molecule is COc1cc(C)sc1-c1nc(C2CCOC2)no1. The van der Waals surface area contributed by atoms with Gasteiger partial charge in [0.15, 0.2) is 5.82 Å². The molecular weight excluding hydrogens is 252 g/mol. The van der Waals surface area contributed by atoms with Gasteiger partial charge in [-0.3, -0.25) is 0 Å². The molecule has 5 nitrogen and oxygen atoms in total. The van der Waals surface area contributed by atoms with Gasteiger partial charge in [0.25, 0.3) is 5.89 Å². The van der Waals surface area contributed by atoms with E-state index in [-0.39, 0.29) is 5.92 Å². The van der Waals surface area contributed by atoms with Gasteiger partial charge in [-0.05, 0) is 19.4 Å². The summed E-state index contributed by atoms with van der Waals surface area (Å²) in [6, 6.07) is 1.97. The van der Waals surface area contributed by atoms with Crippen molar-refractivity contribution < 1.29 is 14.0 Å². The molecule has 0 saturated carbocycles. The number of ether oxygens (including phenoxy) is 2. The zero-order chi connectivity index (χ0) is 12.5. The standard InChI is InChI=1S/C12H14N2O3S/c1-7-5-9(15-2)10(18-7)12-13-11(14-17-12)8-3-4-16-6-8/h5,8H,3-4,6H2,1-2H3. The lowest BCUT2D eigenvalue weighted by atomic mass is 10.1. The highest BCUT2D eigenvalue weighted by atomic mass is 32.1. The summed E-state index contributed by atoms with van der Waals surface area (Å²) in [6.07, 6.45) is 0.958. The van der Waals surface area contributed by atoms with Crippen molar-refractivity contribution in [1.29, 1.82) is 0 Å². The van der Waals surface area contributed by atoms with Gasteiger partial charge < -0.3 is 14.0 Å². The van der Waals surface area contributed by atoms with Gasteiger partial charge in [0.2, 0.25) is 0 Å². The Morgan fingerprint density at radius 1 is 1.50 bits per heavy atom. The molecule has 2 aromatic rings. The van der Waals surface area contributed by atoms with Crippen LogP contribution in [0, 0.1) is 6.92 Å². The van der Waals surface area contributed by atoms with E-state index in [2.05, 4.69) is 10.1 Å². The monoisotopic (exact) mass is 266 g/mol. The maximum atomic E-state index is 5.33. The van der Waals surface area contributed by atoms with E-state index in [0.29, 0.717) is 12.5 Å². The van der Waals surface area contributed by atoms with Gasteiger partial charge in [0.05, 0.1) is 13.7 Å². The van der Waals surface area contributed by atoms with E-state index in [1.807, 2.05) is 13.0 Å². The first-order chi connectivity index (χ1) is 8.78. The van der Waals surface area contributed by atoms with Crippen molar-refractivity contribution in [3.63, 3.8) is 0 Å². The van der Waals surface area contributed by atoms with Crippen LogP contribution >= 0.6 is 11.3 Å². The molecule has 1 atom stereocenters. The fraction of sp³-hybridized carbons (Fsp3) is 0.500. The minimum atomic E-state index is 0.259. The third-order valence-corrected chi connectivity index (χ3v) is 3.99. The second-order valence-corrected chi connectivity index (χ2v) is 5.53. The fourth-order valence-corrected chi connectivity index (χ4v) is 2.92. The molecular formula is C12H14N2O3S. The summed E-state index contributed by atoms with van der Waals surface area (Å²) in [7, 11) is 1.65. The van der Waals surface area contributed by atoms with Crippen LogP contribution in [-0.2, 0) is 4.74 Å². The van der Waals surface area contributed by atoms with Crippen molar-refractivity contribution >= 4 is 11.3 Å². The van der Waals surface area contributed by atoms with Crippen LogP contribution in [0.15, 0.2) is 10.6 Å². The lowest BCUT2D eigenvalue weighted by molar-refractivity contribution is 0.192. The van der Waals surface area contributed by atoms with Gasteiger partial charge in [0, 0.05) is 17.4 Å². The predicted octanol–water partition coefficient (Wildman–Crippen LogP) is 2.62. The van der Waals surface area contributed by atoms with E-state index in [1.54, 1.807) is 18.4 Å². The predicted molar refractivity (Wildman–Crippen MR) is 67.1 cm³/mol. The molecule has 1 fully saturated rings. The molecule has 1 unspecified atom stereocenters. The quantitative estimate of drug-likeness (QED) is 0.854. The van der Waals surface area contributed by atoms with E-state index in [1.165, 1.54) is 0 Å². The van der Waals surface area contributed by atoms with Crippen molar-refractivity contribution in [3.05, 3.63) is 16.8 Å². The fourth-order valence-electron chi connectivity index (χ4n) is 2.02. The number of hydrogen-bond acceptors (Lipinski definition) is 6. The molecule has 6 heteroatoms. The van der Waals surface area contributed by atoms with Crippen molar-refractivity contribution in [1.82, 2.24) is 10.1 Å². The Balaban J connectivity index is 1.92. The number of methoxy groups -OCH3 is 1. The van der Waals surface area contributed by atoms with Crippen LogP contribution in [0.2, 0.25) is 0 Å². The van der Waals surface area contributed by atoms with Gasteiger partial charge in [-0.1, -0.05) is 5.16 Å². The highest BCUT2D eigenvalue weighted by Crippen LogP contribution is 2.37. The van der Waals surface area contributed by atoms with Crippen molar-refractivity contribution in [2.45, 2.75) is 19.3 Å². The van der Waals surface area contributed by atoms with Crippen LogP contribution in [0.5, 0.6) is 5.75 Å². The number of hydrogen-bond donors (Lipinski definition) is 0. The lowest BCUT2D eigenvalue weighted by Crippen LogP contribution is -1.99. The van der Waals surface area contributed by atoms with E-state index in [0.717, 1.165) is 34.4 Å². The molecule has 1 aliphatic rings. The molecule has 1 aliphatic heterocycles. The normalized spacial score (nSPS) is 19.3. The molecule has 3 heterocycles. The summed E-state index contributed by atoms with van der Waals surface area (Å²) < 4.78 is 16.0. The molecule has 0 spiro atoms. The van der Waals surface area contributed by atoms with Crippen LogP contribution in [0.1, 0.15) is 23.0 Å². The van der Waals surface area contributed by atoms with Crippen molar-refractivity contribution in [2.75, 3.05) is 20.3 Å². The summed E-state index contributed by atoms with van der Waals surface area (Å²) in [6.45, 7) is 3.48. The Morgan fingerprint density at radius 2 is 2.39 bits per heavy atom. The zero-order valence-electron chi connectivity index (χ0n) is 10.3. The van der Waals surface area contributed by atoms with E-state index < -0.39 is 0 Å². The molecule has 0 bridgehead atoms. The molecule has 0 amide bonds. The Morgan fingerprint density at radius 3 is 3.11 bits per heavy atom. The van der Waals surface area contributed by atoms with E-state index in [4.69, 9.17) is 14.0 Å². The van der Waals surface area contributed by atoms with Crippen LogP contribution in [-0.4, -0.2) is 30.5 Å². The van der Waals surface area contributed by atoms with Crippen LogP contribution < -0.4 is 4.74 Å². The molecule has 0 aliphatic carbocycles. The molecule has 0 aromatic carbocycles. The van der Waals surface area contributed by atoms with Gasteiger partial charge >= 0.3 is 0 Å². The van der Waals surface area contributed by atoms with Crippen LogP contribution in [0.25, 0.3) is 10.8 Å². The smallest absolute Gasteiger partial charge is 0.271 e. The largest absolute Gasteiger partial charge is 0.495 e. The summed E-state index contributed by atoms with van der Waals surface area (Å²) in [5, 5.41) is 4.04.